The molecule has 41 heavy (non-hydrogen) atoms. The maximum absolute atomic E-state index is 8.49. The molecule has 0 spiro atoms. The van der Waals surface area contributed by atoms with E-state index in [1.54, 1.807) is 0 Å². The summed E-state index contributed by atoms with van der Waals surface area (Å²) < 4.78 is 41.0. The molecule has 0 radical (unpaired) electrons. The number of rotatable bonds is 5. The van der Waals surface area contributed by atoms with E-state index in [1.165, 1.54) is 0 Å². The topological polar surface area (TPSA) is 104 Å². The van der Waals surface area contributed by atoms with E-state index in [0.29, 0.717) is 0 Å². The molecule has 0 aliphatic rings. The Balaban J connectivity index is 0.000000623. The van der Waals surface area contributed by atoms with Gasteiger partial charge in [-0.05, 0) is 41.0 Å². The van der Waals surface area contributed by atoms with Crippen molar-refractivity contribution in [2.45, 2.75) is 0 Å². The Morgan fingerprint density at radius 2 is 0.537 bits per heavy atom. The summed E-state index contributed by atoms with van der Waals surface area (Å²) in [5.41, 5.74) is 8.83. The third kappa shape index (κ3) is 6.94. The molecule has 0 aliphatic carbocycles. The monoisotopic (exact) mass is 560 g/mol. The third-order valence-electron chi connectivity index (χ3n) is 6.42. The molecule has 0 bridgehead atoms. The second-order valence-electron chi connectivity index (χ2n) is 9.09. The zero-order valence-corrected chi connectivity index (χ0v) is 22.6. The summed E-state index contributed by atoms with van der Waals surface area (Å²) in [6, 6.07) is 52.6. The van der Waals surface area contributed by atoms with Gasteiger partial charge in [0, 0.05) is 5.56 Å². The lowest BCUT2D eigenvalue weighted by atomic mass is 9.84. The highest BCUT2D eigenvalue weighted by Gasteiger charge is 2.34. The predicted molar refractivity (Wildman–Crippen MR) is 150 cm³/mol. The van der Waals surface area contributed by atoms with Crippen LogP contribution in [0.5, 0.6) is 0 Å². The van der Waals surface area contributed by atoms with E-state index in [0.717, 1.165) is 56.0 Å². The maximum Gasteiger partial charge on any atom is 0.369 e. The summed E-state index contributed by atoms with van der Waals surface area (Å²) in [6.45, 7) is 0. The van der Waals surface area contributed by atoms with Crippen molar-refractivity contribution in [2.75, 3.05) is 0 Å². The molecule has 6 aromatic rings. The zero-order valence-electron chi connectivity index (χ0n) is 21.9. The van der Waals surface area contributed by atoms with Crippen LogP contribution >= 0.6 is 0 Å². The molecule has 0 unspecified atom stereocenters. The molecule has 202 valence electrons. The highest BCUT2D eigenvalue weighted by atomic mass is 35.7. The van der Waals surface area contributed by atoms with Gasteiger partial charge >= 0.3 is 11.5 Å². The van der Waals surface area contributed by atoms with Gasteiger partial charge in [0.25, 0.3) is 0 Å². The summed E-state index contributed by atoms with van der Waals surface area (Å²) in [5.74, 6) is 1.72. The third-order valence-corrected chi connectivity index (χ3v) is 6.42. The zero-order chi connectivity index (χ0) is 28.7. The highest BCUT2D eigenvalue weighted by molar-refractivity contribution is 6.03. The van der Waals surface area contributed by atoms with Crippen molar-refractivity contribution in [3.05, 3.63) is 152 Å². The molecule has 0 N–H and O–H groups in total. The molecule has 0 saturated carbocycles. The van der Waals surface area contributed by atoms with Crippen LogP contribution in [-0.4, -0.2) is 0 Å². The summed E-state index contributed by atoms with van der Waals surface area (Å²) in [4.78, 5) is 0. The molecule has 5 aromatic carbocycles. The lowest BCUT2D eigenvalue weighted by molar-refractivity contribution is -2.00. The van der Waals surface area contributed by atoms with Crippen LogP contribution in [0.15, 0.2) is 156 Å². The number of hydrogen-bond donors (Lipinski definition) is 0. The minimum Gasteiger partial charge on any atom is -0.222 e. The van der Waals surface area contributed by atoms with E-state index in [-0.39, 0.29) is 0 Å². The van der Waals surface area contributed by atoms with Gasteiger partial charge in [-0.3, -0.25) is 0 Å². The van der Waals surface area contributed by atoms with E-state index >= 15 is 0 Å². The first-order valence-corrected chi connectivity index (χ1v) is 14.1. The second-order valence-corrected chi connectivity index (χ2v) is 9.85. The molecule has 0 amide bonds. The van der Waals surface area contributed by atoms with Gasteiger partial charge < -0.3 is 0 Å². The molecule has 5 nitrogen and oxygen atoms in total. The van der Waals surface area contributed by atoms with Crippen molar-refractivity contribution in [2.24, 2.45) is 0 Å². The molecule has 0 atom stereocenters. The van der Waals surface area contributed by atoms with Gasteiger partial charge in [0.1, 0.15) is 0 Å². The van der Waals surface area contributed by atoms with Crippen LogP contribution in [0.3, 0.4) is 0 Å². The molecule has 0 saturated heterocycles. The molecule has 6 heteroatoms. The SMILES string of the molecule is [O-][Cl+3]([O-])([O-])[O-].c1ccc(-c2[o+]c(-c3ccccc3)c(-c3ccccc3)c(-c3ccccc3)c2-c2ccccc2)cc1. The van der Waals surface area contributed by atoms with Crippen molar-refractivity contribution in [1.82, 2.24) is 0 Å². The van der Waals surface area contributed by atoms with Gasteiger partial charge in [-0.2, -0.15) is 0 Å². The van der Waals surface area contributed by atoms with Crippen molar-refractivity contribution in [3.63, 3.8) is 0 Å². The summed E-state index contributed by atoms with van der Waals surface area (Å²) in [7, 11) is -4.94. The standard InChI is InChI=1S/C35H25O.ClHO4/c1-6-16-26(17-7-1)31-32(27-18-8-2-9-19-27)34(29-22-12-4-13-23-29)36-35(30-24-14-5-15-25-30)33(31)28-20-10-3-11-21-28;2-1(3,4)5/h1-25H;(H,2,3,4,5)/q+1;/p-1. The fourth-order valence-electron chi connectivity index (χ4n) is 4.80. The largest absolute Gasteiger partial charge is 0.369 e. The quantitative estimate of drug-likeness (QED) is 0.272. The van der Waals surface area contributed by atoms with Gasteiger partial charge in [-0.1, -0.05) is 127 Å². The smallest absolute Gasteiger partial charge is 0.222 e. The van der Waals surface area contributed by atoms with Crippen molar-refractivity contribution < 1.29 is 33.3 Å². The predicted octanol–water partition coefficient (Wildman–Crippen LogP) is 5.14. The molecule has 6 rings (SSSR count). The van der Waals surface area contributed by atoms with Crippen LogP contribution in [0.2, 0.25) is 0 Å². The van der Waals surface area contributed by atoms with E-state index < -0.39 is 10.2 Å². The highest BCUT2D eigenvalue weighted by Crippen LogP contribution is 2.50. The van der Waals surface area contributed by atoms with Crippen LogP contribution in [0.4, 0.5) is 0 Å². The van der Waals surface area contributed by atoms with Crippen molar-refractivity contribution >= 4 is 0 Å². The average Bonchev–Trinajstić information content (AvgIpc) is 3.01. The van der Waals surface area contributed by atoms with Gasteiger partial charge in [-0.25, -0.2) is 23.1 Å². The van der Waals surface area contributed by atoms with Gasteiger partial charge in [0.05, 0.1) is 22.3 Å². The Morgan fingerprint density at radius 3 is 0.805 bits per heavy atom. The minimum absolute atomic E-state index is 0.860. The van der Waals surface area contributed by atoms with Gasteiger partial charge in [0.2, 0.25) is 0 Å². The first kappa shape index (κ1) is 27.9. The molecular weight excluding hydrogens is 536 g/mol. The molecule has 1 heterocycles. The normalized spacial score (nSPS) is 10.9. The first-order valence-electron chi connectivity index (χ1n) is 12.8. The fourth-order valence-corrected chi connectivity index (χ4v) is 4.80. The lowest BCUT2D eigenvalue weighted by Gasteiger charge is -2.17. The number of benzene rings is 5. The van der Waals surface area contributed by atoms with Gasteiger partial charge in [-0.15, -0.1) is 10.2 Å². The van der Waals surface area contributed by atoms with Crippen LogP contribution in [-0.2, 0) is 0 Å². The summed E-state index contributed by atoms with van der Waals surface area (Å²) in [6.07, 6.45) is 0. The summed E-state index contributed by atoms with van der Waals surface area (Å²) >= 11 is 0. The first-order chi connectivity index (χ1) is 19.9. The second kappa shape index (κ2) is 12.7. The van der Waals surface area contributed by atoms with Crippen LogP contribution in [0.1, 0.15) is 0 Å². The van der Waals surface area contributed by atoms with Crippen LogP contribution in [0, 0.1) is 10.2 Å². The molecule has 0 aliphatic heterocycles. The lowest BCUT2D eigenvalue weighted by Crippen LogP contribution is -2.68. The van der Waals surface area contributed by atoms with E-state index in [4.69, 9.17) is 23.1 Å². The van der Waals surface area contributed by atoms with E-state index in [2.05, 4.69) is 140 Å². The Hall–Kier alpha value is -4.62. The van der Waals surface area contributed by atoms with Crippen molar-refractivity contribution in [3.8, 4) is 56.0 Å². The molecule has 0 fully saturated rings. The fraction of sp³-hybridized carbons (Fsp3) is 0. The van der Waals surface area contributed by atoms with Crippen LogP contribution in [0.25, 0.3) is 56.0 Å². The average molecular weight is 561 g/mol. The minimum atomic E-state index is -4.94. The van der Waals surface area contributed by atoms with Gasteiger partial charge in [0.15, 0.2) is 0 Å². The molecule has 1 aromatic heterocycles. The Kier molecular flexibility index (Phi) is 8.65. The Morgan fingerprint density at radius 1 is 0.317 bits per heavy atom. The maximum atomic E-state index is 8.49. The molecular formula is C35H25ClO5. The Bertz CT molecular complexity index is 1580. The van der Waals surface area contributed by atoms with E-state index in [9.17, 15) is 0 Å². The number of halogens is 1. The Labute approximate surface area is 240 Å². The van der Waals surface area contributed by atoms with E-state index in [1.807, 2.05) is 12.1 Å². The van der Waals surface area contributed by atoms with Crippen molar-refractivity contribution in [1.29, 1.82) is 0 Å². The van der Waals surface area contributed by atoms with Crippen LogP contribution < -0.4 is 18.6 Å². The number of hydrogen-bond acceptors (Lipinski definition) is 4. The summed E-state index contributed by atoms with van der Waals surface area (Å²) in [5, 5.41) is 0.